The van der Waals surface area contributed by atoms with Crippen LogP contribution >= 0.6 is 0 Å². The predicted molar refractivity (Wildman–Crippen MR) is 67.2 cm³/mol. The van der Waals surface area contributed by atoms with E-state index in [0.717, 1.165) is 29.8 Å². The van der Waals surface area contributed by atoms with E-state index >= 15 is 0 Å². The number of carbonyl (C=O) groups is 1. The number of rotatable bonds is 4. The highest BCUT2D eigenvalue weighted by atomic mass is 16.4. The van der Waals surface area contributed by atoms with Crippen molar-refractivity contribution in [1.29, 1.82) is 0 Å². The Labute approximate surface area is 100 Å². The number of aryl methyl sites for hydroxylation is 1. The molecule has 0 saturated heterocycles. The van der Waals surface area contributed by atoms with Gasteiger partial charge in [-0.1, -0.05) is 43.7 Å². The third kappa shape index (κ3) is 2.38. The molecule has 0 aliphatic rings. The molecule has 88 valence electrons. The summed E-state index contributed by atoms with van der Waals surface area (Å²) in [5, 5.41) is 9.13. The molecule has 0 saturated carbocycles. The molecule has 1 aromatic heterocycles. The van der Waals surface area contributed by atoms with Gasteiger partial charge in [-0.05, 0) is 18.1 Å². The standard InChI is InChI=1S/C14H15NO2/c1-2-6-12-11(14(16)17)9-13(15-12)10-7-4-3-5-8-10/h3-5,7-9,15H,2,6H2,1H3,(H,16,17). The van der Waals surface area contributed by atoms with Crippen molar-refractivity contribution in [3.05, 3.63) is 47.7 Å². The first kappa shape index (κ1) is 11.5. The van der Waals surface area contributed by atoms with E-state index in [-0.39, 0.29) is 0 Å². The molecule has 0 fully saturated rings. The third-order valence-electron chi connectivity index (χ3n) is 2.71. The summed E-state index contributed by atoms with van der Waals surface area (Å²) in [5.41, 5.74) is 3.06. The minimum atomic E-state index is -0.869. The van der Waals surface area contributed by atoms with E-state index < -0.39 is 5.97 Å². The van der Waals surface area contributed by atoms with E-state index in [1.54, 1.807) is 6.07 Å². The Kier molecular flexibility index (Phi) is 3.28. The fourth-order valence-corrected chi connectivity index (χ4v) is 1.91. The molecule has 0 aliphatic carbocycles. The van der Waals surface area contributed by atoms with Crippen molar-refractivity contribution in [1.82, 2.24) is 4.98 Å². The minimum Gasteiger partial charge on any atom is -0.478 e. The van der Waals surface area contributed by atoms with Gasteiger partial charge in [0.1, 0.15) is 0 Å². The fraction of sp³-hybridized carbons (Fsp3) is 0.214. The van der Waals surface area contributed by atoms with E-state index in [2.05, 4.69) is 4.98 Å². The maximum Gasteiger partial charge on any atom is 0.337 e. The van der Waals surface area contributed by atoms with Crippen molar-refractivity contribution in [2.45, 2.75) is 19.8 Å². The summed E-state index contributed by atoms with van der Waals surface area (Å²) in [4.78, 5) is 14.3. The first-order chi connectivity index (χ1) is 8.22. The van der Waals surface area contributed by atoms with Gasteiger partial charge in [0.15, 0.2) is 0 Å². The van der Waals surface area contributed by atoms with Gasteiger partial charge in [0, 0.05) is 11.4 Å². The van der Waals surface area contributed by atoms with Gasteiger partial charge in [0.05, 0.1) is 5.56 Å². The average molecular weight is 229 g/mol. The zero-order chi connectivity index (χ0) is 12.3. The lowest BCUT2D eigenvalue weighted by atomic mass is 10.1. The van der Waals surface area contributed by atoms with E-state index in [4.69, 9.17) is 5.11 Å². The second-order valence-electron chi connectivity index (χ2n) is 4.00. The van der Waals surface area contributed by atoms with Crippen LogP contribution in [0.25, 0.3) is 11.3 Å². The highest BCUT2D eigenvalue weighted by Crippen LogP contribution is 2.22. The molecule has 0 spiro atoms. The van der Waals surface area contributed by atoms with Gasteiger partial charge in [0.25, 0.3) is 0 Å². The Balaban J connectivity index is 2.44. The van der Waals surface area contributed by atoms with Gasteiger partial charge in [-0.2, -0.15) is 0 Å². The van der Waals surface area contributed by atoms with Crippen LogP contribution in [0.2, 0.25) is 0 Å². The maximum absolute atomic E-state index is 11.1. The highest BCUT2D eigenvalue weighted by molar-refractivity contribution is 5.91. The lowest BCUT2D eigenvalue weighted by Crippen LogP contribution is -1.99. The van der Waals surface area contributed by atoms with Crippen LogP contribution in [0.3, 0.4) is 0 Å². The number of carboxylic acid groups (broad SMARTS) is 1. The largest absolute Gasteiger partial charge is 0.478 e. The number of aromatic nitrogens is 1. The Morgan fingerprint density at radius 2 is 2.00 bits per heavy atom. The van der Waals surface area contributed by atoms with Crippen molar-refractivity contribution in [3.63, 3.8) is 0 Å². The SMILES string of the molecule is CCCc1[nH]c(-c2ccccc2)cc1C(=O)O. The van der Waals surface area contributed by atoms with Crippen molar-refractivity contribution >= 4 is 5.97 Å². The summed E-state index contributed by atoms with van der Waals surface area (Å²) in [6.45, 7) is 2.04. The van der Waals surface area contributed by atoms with Gasteiger partial charge < -0.3 is 10.1 Å². The summed E-state index contributed by atoms with van der Waals surface area (Å²) in [5.74, 6) is -0.869. The Morgan fingerprint density at radius 1 is 1.29 bits per heavy atom. The van der Waals surface area contributed by atoms with Gasteiger partial charge in [-0.25, -0.2) is 4.79 Å². The second-order valence-corrected chi connectivity index (χ2v) is 4.00. The van der Waals surface area contributed by atoms with E-state index in [1.165, 1.54) is 0 Å². The summed E-state index contributed by atoms with van der Waals surface area (Å²) in [7, 11) is 0. The molecule has 0 amide bonds. The molecular formula is C14H15NO2. The molecule has 0 aliphatic heterocycles. The number of hydrogen-bond acceptors (Lipinski definition) is 1. The van der Waals surface area contributed by atoms with Crippen molar-refractivity contribution in [2.75, 3.05) is 0 Å². The number of nitrogens with one attached hydrogen (secondary N) is 1. The lowest BCUT2D eigenvalue weighted by molar-refractivity contribution is 0.0696. The molecule has 0 atom stereocenters. The first-order valence-electron chi connectivity index (χ1n) is 5.73. The fourth-order valence-electron chi connectivity index (χ4n) is 1.91. The summed E-state index contributed by atoms with van der Waals surface area (Å²) < 4.78 is 0. The Morgan fingerprint density at radius 3 is 2.59 bits per heavy atom. The molecule has 3 heteroatoms. The van der Waals surface area contributed by atoms with Crippen LogP contribution in [-0.4, -0.2) is 16.1 Å². The molecule has 0 unspecified atom stereocenters. The van der Waals surface area contributed by atoms with Gasteiger partial charge in [0.2, 0.25) is 0 Å². The number of aromatic amines is 1. The molecule has 0 bridgehead atoms. The number of H-pyrrole nitrogens is 1. The molecule has 2 rings (SSSR count). The molecule has 1 heterocycles. The van der Waals surface area contributed by atoms with Gasteiger partial charge in [-0.3, -0.25) is 0 Å². The van der Waals surface area contributed by atoms with E-state index in [1.807, 2.05) is 37.3 Å². The molecule has 1 aromatic carbocycles. The highest BCUT2D eigenvalue weighted by Gasteiger charge is 2.14. The predicted octanol–water partition coefficient (Wildman–Crippen LogP) is 3.33. The Hall–Kier alpha value is -2.03. The van der Waals surface area contributed by atoms with Gasteiger partial charge in [-0.15, -0.1) is 0 Å². The minimum absolute atomic E-state index is 0.380. The van der Waals surface area contributed by atoms with Crippen molar-refractivity contribution in [2.24, 2.45) is 0 Å². The van der Waals surface area contributed by atoms with Crippen LogP contribution in [0.5, 0.6) is 0 Å². The molecule has 3 nitrogen and oxygen atoms in total. The summed E-state index contributed by atoms with van der Waals surface area (Å²) in [6, 6.07) is 11.5. The van der Waals surface area contributed by atoms with Crippen LogP contribution in [0.4, 0.5) is 0 Å². The van der Waals surface area contributed by atoms with Crippen LogP contribution < -0.4 is 0 Å². The quantitative estimate of drug-likeness (QED) is 0.844. The third-order valence-corrected chi connectivity index (χ3v) is 2.71. The number of benzene rings is 1. The van der Waals surface area contributed by atoms with Crippen LogP contribution in [-0.2, 0) is 6.42 Å². The van der Waals surface area contributed by atoms with E-state index in [9.17, 15) is 4.79 Å². The Bertz CT molecular complexity index is 514. The van der Waals surface area contributed by atoms with Crippen LogP contribution in [0, 0.1) is 0 Å². The van der Waals surface area contributed by atoms with Crippen molar-refractivity contribution in [3.8, 4) is 11.3 Å². The van der Waals surface area contributed by atoms with Crippen LogP contribution in [0.1, 0.15) is 29.4 Å². The number of carboxylic acids is 1. The molecule has 17 heavy (non-hydrogen) atoms. The smallest absolute Gasteiger partial charge is 0.337 e. The van der Waals surface area contributed by atoms with Gasteiger partial charge >= 0.3 is 5.97 Å². The molecular weight excluding hydrogens is 214 g/mol. The molecule has 0 radical (unpaired) electrons. The topological polar surface area (TPSA) is 53.1 Å². The van der Waals surface area contributed by atoms with E-state index in [0.29, 0.717) is 5.56 Å². The zero-order valence-electron chi connectivity index (χ0n) is 9.73. The average Bonchev–Trinajstić information content (AvgIpc) is 2.75. The number of hydrogen-bond donors (Lipinski definition) is 2. The summed E-state index contributed by atoms with van der Waals surface area (Å²) in [6.07, 6.45) is 1.68. The number of aromatic carboxylic acids is 1. The zero-order valence-corrected chi connectivity index (χ0v) is 9.73. The normalized spacial score (nSPS) is 10.4. The first-order valence-corrected chi connectivity index (χ1v) is 5.73. The van der Waals surface area contributed by atoms with Crippen molar-refractivity contribution < 1.29 is 9.90 Å². The monoisotopic (exact) mass is 229 g/mol. The second kappa shape index (κ2) is 4.87. The molecule has 2 aromatic rings. The summed E-state index contributed by atoms with van der Waals surface area (Å²) >= 11 is 0. The maximum atomic E-state index is 11.1. The van der Waals surface area contributed by atoms with Crippen LogP contribution in [0.15, 0.2) is 36.4 Å². The molecule has 2 N–H and O–H groups in total. The lowest BCUT2D eigenvalue weighted by Gasteiger charge is -1.97.